The third-order valence-corrected chi connectivity index (χ3v) is 4.58. The fourth-order valence-electron chi connectivity index (χ4n) is 3.51. The van der Waals surface area contributed by atoms with E-state index in [0.29, 0.717) is 0 Å². The third-order valence-electron chi connectivity index (χ3n) is 4.58. The molecule has 0 unspecified atom stereocenters. The second kappa shape index (κ2) is 6.23. The van der Waals surface area contributed by atoms with Gasteiger partial charge < -0.3 is 10.6 Å². The summed E-state index contributed by atoms with van der Waals surface area (Å²) in [5, 5.41) is 1.30. The van der Waals surface area contributed by atoms with Crippen LogP contribution in [0.1, 0.15) is 16.7 Å². The van der Waals surface area contributed by atoms with E-state index < -0.39 is 0 Å². The van der Waals surface area contributed by atoms with Crippen molar-refractivity contribution < 1.29 is 0 Å². The first-order valence-electron chi connectivity index (χ1n) is 8.14. The van der Waals surface area contributed by atoms with Gasteiger partial charge >= 0.3 is 0 Å². The summed E-state index contributed by atoms with van der Waals surface area (Å²) in [5.74, 6) is 1.11. The fourth-order valence-corrected chi connectivity index (χ4v) is 3.51. The molecule has 0 saturated carbocycles. The van der Waals surface area contributed by atoms with Gasteiger partial charge in [0.25, 0.3) is 0 Å². The van der Waals surface area contributed by atoms with Gasteiger partial charge in [-0.05, 0) is 49.6 Å². The van der Waals surface area contributed by atoms with Crippen molar-refractivity contribution in [2.24, 2.45) is 5.73 Å². The lowest BCUT2D eigenvalue weighted by Gasteiger charge is -2.35. The second-order valence-corrected chi connectivity index (χ2v) is 6.39. The molecule has 1 aliphatic rings. The molecule has 2 aromatic rings. The number of nitrogens with two attached hydrogens (primary N) is 1. The summed E-state index contributed by atoms with van der Waals surface area (Å²) < 4.78 is 0. The number of anilines is 1. The minimum atomic E-state index is 0.742. The van der Waals surface area contributed by atoms with Gasteiger partial charge in [-0.15, -0.1) is 0 Å². The smallest absolute Gasteiger partial charge is 0.129 e. The quantitative estimate of drug-likeness (QED) is 0.944. The van der Waals surface area contributed by atoms with Crippen molar-refractivity contribution in [3.8, 4) is 0 Å². The molecule has 4 nitrogen and oxygen atoms in total. The summed E-state index contributed by atoms with van der Waals surface area (Å²) in [6.07, 6.45) is 0. The van der Waals surface area contributed by atoms with Crippen LogP contribution in [0.15, 0.2) is 18.2 Å². The number of nitrogens with zero attached hydrogens (tertiary/aromatic N) is 3. The third kappa shape index (κ3) is 2.94. The molecule has 22 heavy (non-hydrogen) atoms. The molecule has 0 bridgehead atoms. The molecule has 1 fully saturated rings. The minimum absolute atomic E-state index is 0.742. The lowest BCUT2D eigenvalue weighted by molar-refractivity contribution is 0.264. The number of piperazine rings is 1. The Morgan fingerprint density at radius 2 is 1.68 bits per heavy atom. The van der Waals surface area contributed by atoms with E-state index in [9.17, 15) is 0 Å². The molecule has 1 aliphatic heterocycles. The lowest BCUT2D eigenvalue weighted by Crippen LogP contribution is -2.48. The average molecular weight is 298 g/mol. The summed E-state index contributed by atoms with van der Waals surface area (Å²) >= 11 is 0. The highest BCUT2D eigenvalue weighted by Crippen LogP contribution is 2.27. The predicted molar refractivity (Wildman–Crippen MR) is 93.7 cm³/mol. The number of hydrogen-bond donors (Lipinski definition) is 1. The molecule has 0 aliphatic carbocycles. The molecule has 4 heteroatoms. The first kappa shape index (κ1) is 15.3. The number of aromatic nitrogens is 1. The summed E-state index contributed by atoms with van der Waals surface area (Å²) in [4.78, 5) is 9.76. The molecule has 1 aromatic carbocycles. The van der Waals surface area contributed by atoms with Crippen LogP contribution in [0.3, 0.4) is 0 Å². The van der Waals surface area contributed by atoms with Gasteiger partial charge in [0.2, 0.25) is 0 Å². The van der Waals surface area contributed by atoms with E-state index in [1.807, 2.05) is 0 Å². The second-order valence-electron chi connectivity index (χ2n) is 6.39. The Kier molecular flexibility index (Phi) is 4.32. The SMILES string of the molecule is Cc1cc(C)c2c(C)cc(N3CCN(CCN)CC3)nc2c1. The maximum atomic E-state index is 5.65. The summed E-state index contributed by atoms with van der Waals surface area (Å²) in [7, 11) is 0. The van der Waals surface area contributed by atoms with Gasteiger partial charge in [-0.3, -0.25) is 4.90 Å². The molecule has 1 aromatic heterocycles. The number of pyridine rings is 1. The van der Waals surface area contributed by atoms with Crippen LogP contribution in [-0.4, -0.2) is 49.2 Å². The largest absolute Gasteiger partial charge is 0.354 e. The van der Waals surface area contributed by atoms with Crippen molar-refractivity contribution in [2.45, 2.75) is 20.8 Å². The molecule has 3 rings (SSSR count). The summed E-state index contributed by atoms with van der Waals surface area (Å²) in [5.41, 5.74) is 10.7. The van der Waals surface area contributed by atoms with Crippen LogP contribution in [0.5, 0.6) is 0 Å². The monoisotopic (exact) mass is 298 g/mol. The Hall–Kier alpha value is -1.65. The van der Waals surface area contributed by atoms with Crippen molar-refractivity contribution in [3.05, 3.63) is 34.9 Å². The Balaban J connectivity index is 1.89. The number of hydrogen-bond acceptors (Lipinski definition) is 4. The zero-order valence-corrected chi connectivity index (χ0v) is 13.9. The first-order valence-corrected chi connectivity index (χ1v) is 8.14. The van der Waals surface area contributed by atoms with Gasteiger partial charge in [0.15, 0.2) is 0 Å². The van der Waals surface area contributed by atoms with E-state index >= 15 is 0 Å². The van der Waals surface area contributed by atoms with Crippen molar-refractivity contribution in [3.63, 3.8) is 0 Å². The predicted octanol–water partition coefficient (Wildman–Crippen LogP) is 2.24. The highest BCUT2D eigenvalue weighted by Gasteiger charge is 2.18. The number of benzene rings is 1. The number of fused-ring (bicyclic) bond motifs is 1. The Morgan fingerprint density at radius 1 is 1.00 bits per heavy atom. The summed E-state index contributed by atoms with van der Waals surface area (Å²) in [6, 6.07) is 6.68. The Morgan fingerprint density at radius 3 is 2.36 bits per heavy atom. The Labute approximate surface area is 132 Å². The van der Waals surface area contributed by atoms with E-state index in [-0.39, 0.29) is 0 Å². The van der Waals surface area contributed by atoms with Crippen LogP contribution in [0, 0.1) is 20.8 Å². The molecular formula is C18H26N4. The fraction of sp³-hybridized carbons (Fsp3) is 0.500. The van der Waals surface area contributed by atoms with Crippen LogP contribution in [0.25, 0.3) is 10.9 Å². The molecule has 0 atom stereocenters. The van der Waals surface area contributed by atoms with Gasteiger partial charge in [-0.1, -0.05) is 6.07 Å². The van der Waals surface area contributed by atoms with E-state index in [0.717, 1.165) is 50.6 Å². The standard InChI is InChI=1S/C18H26N4/c1-13-10-14(2)18-15(3)12-17(20-16(18)11-13)22-8-6-21(5-4-19)7-9-22/h10-12H,4-9,19H2,1-3H3. The van der Waals surface area contributed by atoms with E-state index in [1.165, 1.54) is 22.1 Å². The number of rotatable bonds is 3. The van der Waals surface area contributed by atoms with Gasteiger partial charge in [0, 0.05) is 44.7 Å². The maximum absolute atomic E-state index is 5.65. The van der Waals surface area contributed by atoms with Crippen LogP contribution >= 0.6 is 0 Å². The number of aryl methyl sites for hydroxylation is 3. The molecular weight excluding hydrogens is 272 g/mol. The normalized spacial score (nSPS) is 16.5. The van der Waals surface area contributed by atoms with Crippen molar-refractivity contribution in [1.82, 2.24) is 9.88 Å². The highest BCUT2D eigenvalue weighted by atomic mass is 15.3. The first-order chi connectivity index (χ1) is 10.6. The van der Waals surface area contributed by atoms with Gasteiger partial charge in [-0.2, -0.15) is 0 Å². The molecule has 1 saturated heterocycles. The Bertz CT molecular complexity index is 672. The van der Waals surface area contributed by atoms with Crippen LogP contribution in [0.4, 0.5) is 5.82 Å². The van der Waals surface area contributed by atoms with E-state index in [4.69, 9.17) is 10.7 Å². The van der Waals surface area contributed by atoms with Crippen molar-refractivity contribution in [1.29, 1.82) is 0 Å². The van der Waals surface area contributed by atoms with Gasteiger partial charge in [0.05, 0.1) is 5.52 Å². The maximum Gasteiger partial charge on any atom is 0.129 e. The molecule has 2 N–H and O–H groups in total. The average Bonchev–Trinajstić information content (AvgIpc) is 2.47. The van der Waals surface area contributed by atoms with E-state index in [2.05, 4.69) is 48.8 Å². The molecule has 0 spiro atoms. The minimum Gasteiger partial charge on any atom is -0.354 e. The zero-order valence-electron chi connectivity index (χ0n) is 13.9. The van der Waals surface area contributed by atoms with Crippen LogP contribution in [-0.2, 0) is 0 Å². The zero-order chi connectivity index (χ0) is 15.7. The molecule has 2 heterocycles. The van der Waals surface area contributed by atoms with Crippen molar-refractivity contribution >= 4 is 16.7 Å². The summed E-state index contributed by atoms with van der Waals surface area (Å²) in [6.45, 7) is 12.5. The van der Waals surface area contributed by atoms with Crippen LogP contribution < -0.4 is 10.6 Å². The lowest BCUT2D eigenvalue weighted by atomic mass is 10.0. The topological polar surface area (TPSA) is 45.4 Å². The van der Waals surface area contributed by atoms with Gasteiger partial charge in [0.1, 0.15) is 5.82 Å². The van der Waals surface area contributed by atoms with Crippen molar-refractivity contribution in [2.75, 3.05) is 44.2 Å². The molecule has 0 amide bonds. The molecule has 118 valence electrons. The van der Waals surface area contributed by atoms with Gasteiger partial charge in [-0.25, -0.2) is 4.98 Å². The highest BCUT2D eigenvalue weighted by molar-refractivity contribution is 5.87. The molecule has 0 radical (unpaired) electrons. The van der Waals surface area contributed by atoms with E-state index in [1.54, 1.807) is 0 Å². The van der Waals surface area contributed by atoms with Crippen LogP contribution in [0.2, 0.25) is 0 Å².